The lowest BCUT2D eigenvalue weighted by Gasteiger charge is -2.19. The van der Waals surface area contributed by atoms with Crippen LogP contribution in [0.3, 0.4) is 0 Å². The second-order valence-corrected chi connectivity index (χ2v) is 6.02. The van der Waals surface area contributed by atoms with E-state index in [2.05, 4.69) is 11.4 Å². The summed E-state index contributed by atoms with van der Waals surface area (Å²) in [6.45, 7) is 2.70. The maximum absolute atomic E-state index is 5.73. The van der Waals surface area contributed by atoms with E-state index < -0.39 is 0 Å². The number of benzene rings is 1. The van der Waals surface area contributed by atoms with E-state index in [1.54, 1.807) is 0 Å². The van der Waals surface area contributed by atoms with Crippen molar-refractivity contribution in [3.63, 3.8) is 0 Å². The quantitative estimate of drug-likeness (QED) is 0.929. The van der Waals surface area contributed by atoms with E-state index in [4.69, 9.17) is 9.72 Å². The molecule has 2 aromatic rings. The lowest BCUT2D eigenvalue weighted by atomic mass is 9.98. The molecule has 0 saturated carbocycles. The van der Waals surface area contributed by atoms with Crippen LogP contribution < -0.4 is 10.1 Å². The number of hydrogen-bond acceptors (Lipinski definition) is 4. The normalized spacial score (nSPS) is 17.8. The lowest BCUT2D eigenvalue weighted by molar-refractivity contribution is 0.341. The smallest absolute Gasteiger partial charge is 0.129 e. The van der Waals surface area contributed by atoms with Crippen molar-refractivity contribution < 1.29 is 4.74 Å². The largest absolute Gasteiger partial charge is 0.493 e. The van der Waals surface area contributed by atoms with Gasteiger partial charge in [0.15, 0.2) is 0 Å². The number of ether oxygens (including phenoxy) is 1. The van der Waals surface area contributed by atoms with Gasteiger partial charge in [0.05, 0.1) is 17.9 Å². The Morgan fingerprint density at radius 3 is 3.05 bits per heavy atom. The van der Waals surface area contributed by atoms with Crippen LogP contribution in [0.5, 0.6) is 5.75 Å². The van der Waals surface area contributed by atoms with E-state index >= 15 is 0 Å². The first-order chi connectivity index (χ1) is 9.83. The summed E-state index contributed by atoms with van der Waals surface area (Å²) < 4.78 is 5.73. The third kappa shape index (κ3) is 2.45. The molecular formula is C16H20N2OS. The summed E-state index contributed by atoms with van der Waals surface area (Å²) in [6, 6.07) is 8.65. The monoisotopic (exact) mass is 288 g/mol. The Morgan fingerprint density at radius 2 is 2.25 bits per heavy atom. The van der Waals surface area contributed by atoms with Crippen LogP contribution in [0.1, 0.15) is 36.4 Å². The van der Waals surface area contributed by atoms with E-state index in [1.165, 1.54) is 23.4 Å². The van der Waals surface area contributed by atoms with Gasteiger partial charge in [0.25, 0.3) is 0 Å². The summed E-state index contributed by atoms with van der Waals surface area (Å²) in [4.78, 5) is 6.26. The molecule has 1 aliphatic carbocycles. The Morgan fingerprint density at radius 1 is 1.40 bits per heavy atom. The van der Waals surface area contributed by atoms with Gasteiger partial charge < -0.3 is 10.1 Å². The van der Waals surface area contributed by atoms with Crippen LogP contribution in [-0.2, 0) is 6.42 Å². The zero-order chi connectivity index (χ0) is 13.9. The summed E-state index contributed by atoms with van der Waals surface area (Å²) in [5.74, 6) is 0.933. The number of rotatable bonds is 4. The van der Waals surface area contributed by atoms with Crippen LogP contribution >= 0.6 is 11.3 Å². The van der Waals surface area contributed by atoms with Crippen LogP contribution in [0.2, 0.25) is 0 Å². The number of aryl methyl sites for hydroxylation is 1. The minimum absolute atomic E-state index is 0.462. The maximum Gasteiger partial charge on any atom is 0.129 e. The topological polar surface area (TPSA) is 34.1 Å². The molecule has 1 unspecified atom stereocenters. The van der Waals surface area contributed by atoms with Gasteiger partial charge in [0, 0.05) is 10.9 Å². The van der Waals surface area contributed by atoms with Crippen molar-refractivity contribution >= 4 is 11.3 Å². The average molecular weight is 288 g/mol. The molecule has 1 atom stereocenters. The van der Waals surface area contributed by atoms with E-state index in [9.17, 15) is 0 Å². The fourth-order valence-corrected chi connectivity index (χ4v) is 4.02. The SMILES string of the molecule is CCOc1ccccc1-c1nc2c(s1)C(NC)CCC2. The molecule has 0 radical (unpaired) electrons. The fourth-order valence-electron chi connectivity index (χ4n) is 2.73. The van der Waals surface area contributed by atoms with Crippen molar-refractivity contribution in [1.82, 2.24) is 10.3 Å². The second kappa shape index (κ2) is 5.94. The van der Waals surface area contributed by atoms with Gasteiger partial charge in [-0.05, 0) is 45.4 Å². The third-order valence-electron chi connectivity index (χ3n) is 3.72. The Balaban J connectivity index is 2.01. The summed E-state index contributed by atoms with van der Waals surface area (Å²) in [7, 11) is 2.04. The number of nitrogens with zero attached hydrogens (tertiary/aromatic N) is 1. The van der Waals surface area contributed by atoms with Crippen LogP contribution in [0.25, 0.3) is 10.6 Å². The summed E-state index contributed by atoms with van der Waals surface area (Å²) in [6.07, 6.45) is 3.52. The average Bonchev–Trinajstić information content (AvgIpc) is 2.92. The van der Waals surface area contributed by atoms with Crippen LogP contribution in [0.4, 0.5) is 0 Å². The highest BCUT2D eigenvalue weighted by molar-refractivity contribution is 7.15. The molecule has 1 aliphatic rings. The zero-order valence-corrected chi connectivity index (χ0v) is 12.8. The predicted octanol–water partition coefficient (Wildman–Crippen LogP) is 3.81. The first-order valence-corrected chi connectivity index (χ1v) is 8.04. The molecular weight excluding hydrogens is 268 g/mol. The van der Waals surface area contributed by atoms with E-state index in [0.29, 0.717) is 12.6 Å². The molecule has 3 nitrogen and oxygen atoms in total. The van der Waals surface area contributed by atoms with Crippen molar-refractivity contribution in [1.29, 1.82) is 0 Å². The van der Waals surface area contributed by atoms with Gasteiger partial charge in [0.2, 0.25) is 0 Å². The molecule has 0 fully saturated rings. The van der Waals surface area contributed by atoms with Gasteiger partial charge in [-0.3, -0.25) is 0 Å². The van der Waals surface area contributed by atoms with Gasteiger partial charge in [-0.15, -0.1) is 11.3 Å². The first-order valence-electron chi connectivity index (χ1n) is 7.22. The summed E-state index contributed by atoms with van der Waals surface area (Å²) >= 11 is 1.81. The Bertz CT molecular complexity index is 594. The number of nitrogens with one attached hydrogen (secondary N) is 1. The summed E-state index contributed by atoms with van der Waals surface area (Å²) in [5, 5.41) is 4.49. The van der Waals surface area contributed by atoms with Crippen molar-refractivity contribution in [3.05, 3.63) is 34.8 Å². The molecule has 0 saturated heterocycles. The van der Waals surface area contributed by atoms with Gasteiger partial charge in [0.1, 0.15) is 10.8 Å². The number of fused-ring (bicyclic) bond motifs is 1. The molecule has 1 heterocycles. The van der Waals surface area contributed by atoms with Gasteiger partial charge >= 0.3 is 0 Å². The molecule has 1 aromatic carbocycles. The molecule has 1 aromatic heterocycles. The number of para-hydroxylation sites is 1. The van der Waals surface area contributed by atoms with E-state index in [0.717, 1.165) is 22.7 Å². The maximum atomic E-state index is 5.73. The van der Waals surface area contributed by atoms with Crippen LogP contribution in [-0.4, -0.2) is 18.6 Å². The highest BCUT2D eigenvalue weighted by atomic mass is 32.1. The molecule has 4 heteroatoms. The Hall–Kier alpha value is -1.39. The van der Waals surface area contributed by atoms with Crippen LogP contribution in [0.15, 0.2) is 24.3 Å². The molecule has 106 valence electrons. The zero-order valence-electron chi connectivity index (χ0n) is 12.0. The van der Waals surface area contributed by atoms with Crippen molar-refractivity contribution in [2.24, 2.45) is 0 Å². The number of hydrogen-bond donors (Lipinski definition) is 1. The molecule has 0 bridgehead atoms. The molecule has 0 aliphatic heterocycles. The third-order valence-corrected chi connectivity index (χ3v) is 4.96. The summed E-state index contributed by atoms with van der Waals surface area (Å²) in [5.41, 5.74) is 2.38. The first kappa shape index (κ1) is 13.6. The minimum Gasteiger partial charge on any atom is -0.493 e. The molecule has 0 spiro atoms. The van der Waals surface area contributed by atoms with E-state index in [1.807, 2.05) is 43.5 Å². The molecule has 20 heavy (non-hydrogen) atoms. The lowest BCUT2D eigenvalue weighted by Crippen LogP contribution is -2.19. The predicted molar refractivity (Wildman–Crippen MR) is 83.5 cm³/mol. The Labute approximate surface area is 124 Å². The number of aromatic nitrogens is 1. The Kier molecular flexibility index (Phi) is 4.03. The highest BCUT2D eigenvalue weighted by Crippen LogP contribution is 2.40. The molecule has 0 amide bonds. The van der Waals surface area contributed by atoms with Crippen molar-refractivity contribution in [2.45, 2.75) is 32.2 Å². The second-order valence-electron chi connectivity index (χ2n) is 4.99. The fraction of sp³-hybridized carbons (Fsp3) is 0.438. The highest BCUT2D eigenvalue weighted by Gasteiger charge is 2.24. The van der Waals surface area contributed by atoms with Crippen LogP contribution in [0, 0.1) is 0 Å². The van der Waals surface area contributed by atoms with Gasteiger partial charge in [-0.1, -0.05) is 12.1 Å². The minimum atomic E-state index is 0.462. The van der Waals surface area contributed by atoms with Gasteiger partial charge in [-0.25, -0.2) is 4.98 Å². The van der Waals surface area contributed by atoms with E-state index in [-0.39, 0.29) is 0 Å². The van der Waals surface area contributed by atoms with Crippen molar-refractivity contribution in [3.8, 4) is 16.3 Å². The number of thiazole rings is 1. The van der Waals surface area contributed by atoms with Crippen molar-refractivity contribution in [2.75, 3.05) is 13.7 Å². The molecule has 3 rings (SSSR count). The standard InChI is InChI=1S/C16H20N2OS/c1-3-19-14-10-5-4-7-11(14)16-18-13-9-6-8-12(17-2)15(13)20-16/h4-5,7,10,12,17H,3,6,8-9H2,1-2H3. The molecule has 1 N–H and O–H groups in total. The van der Waals surface area contributed by atoms with Gasteiger partial charge in [-0.2, -0.15) is 0 Å².